The Kier molecular flexibility index (Phi) is 3.45. The lowest BCUT2D eigenvalue weighted by molar-refractivity contribution is 0.183. The molecule has 2 fully saturated rings. The SMILES string of the molecule is CCC(C)N1CCCC1CNC1CC1. The number of hydrogen-bond acceptors (Lipinski definition) is 2. The van der Waals surface area contributed by atoms with Crippen LogP contribution in [0.25, 0.3) is 0 Å². The first-order valence-electron chi connectivity index (χ1n) is 6.30. The number of nitrogens with one attached hydrogen (secondary N) is 1. The monoisotopic (exact) mass is 196 g/mol. The molecule has 82 valence electrons. The summed E-state index contributed by atoms with van der Waals surface area (Å²) in [4.78, 5) is 2.70. The summed E-state index contributed by atoms with van der Waals surface area (Å²) < 4.78 is 0. The number of hydrogen-bond donors (Lipinski definition) is 1. The highest BCUT2D eigenvalue weighted by Crippen LogP contribution is 2.23. The van der Waals surface area contributed by atoms with Gasteiger partial charge in [0.1, 0.15) is 0 Å². The van der Waals surface area contributed by atoms with Gasteiger partial charge in [0.15, 0.2) is 0 Å². The van der Waals surface area contributed by atoms with E-state index < -0.39 is 0 Å². The molecule has 2 rings (SSSR count). The fourth-order valence-corrected chi connectivity index (χ4v) is 2.48. The predicted octanol–water partition coefficient (Wildman–Crippen LogP) is 2.00. The van der Waals surface area contributed by atoms with Gasteiger partial charge in [0.2, 0.25) is 0 Å². The summed E-state index contributed by atoms with van der Waals surface area (Å²) >= 11 is 0. The molecular formula is C12H24N2. The van der Waals surface area contributed by atoms with Crippen molar-refractivity contribution in [3.63, 3.8) is 0 Å². The average Bonchev–Trinajstić information content (AvgIpc) is 2.92. The Balaban J connectivity index is 1.76. The van der Waals surface area contributed by atoms with Crippen molar-refractivity contribution in [3.8, 4) is 0 Å². The molecule has 1 aliphatic carbocycles. The van der Waals surface area contributed by atoms with Crippen molar-refractivity contribution in [2.75, 3.05) is 13.1 Å². The molecule has 1 saturated carbocycles. The van der Waals surface area contributed by atoms with Crippen LogP contribution in [0.3, 0.4) is 0 Å². The van der Waals surface area contributed by atoms with E-state index in [0.29, 0.717) is 0 Å². The molecule has 1 aliphatic heterocycles. The normalized spacial score (nSPS) is 30.9. The molecule has 0 bridgehead atoms. The molecule has 0 radical (unpaired) electrons. The Morgan fingerprint density at radius 2 is 2.14 bits per heavy atom. The molecule has 1 N–H and O–H groups in total. The highest BCUT2D eigenvalue weighted by Gasteiger charge is 2.29. The zero-order valence-corrected chi connectivity index (χ0v) is 9.63. The van der Waals surface area contributed by atoms with Crippen LogP contribution < -0.4 is 5.32 Å². The summed E-state index contributed by atoms with van der Waals surface area (Å²) in [6, 6.07) is 2.48. The predicted molar refractivity (Wildman–Crippen MR) is 60.5 cm³/mol. The van der Waals surface area contributed by atoms with Crippen molar-refractivity contribution in [3.05, 3.63) is 0 Å². The molecule has 1 saturated heterocycles. The van der Waals surface area contributed by atoms with Gasteiger partial charge in [-0.2, -0.15) is 0 Å². The van der Waals surface area contributed by atoms with Crippen molar-refractivity contribution >= 4 is 0 Å². The van der Waals surface area contributed by atoms with Crippen LogP contribution >= 0.6 is 0 Å². The van der Waals surface area contributed by atoms with Crippen molar-refractivity contribution in [1.29, 1.82) is 0 Å². The Morgan fingerprint density at radius 1 is 1.36 bits per heavy atom. The number of likely N-dealkylation sites (tertiary alicyclic amines) is 1. The largest absolute Gasteiger partial charge is 0.312 e. The first kappa shape index (κ1) is 10.4. The smallest absolute Gasteiger partial charge is 0.0224 e. The molecule has 0 amide bonds. The molecule has 2 nitrogen and oxygen atoms in total. The molecule has 2 unspecified atom stereocenters. The summed E-state index contributed by atoms with van der Waals surface area (Å²) in [5, 5.41) is 3.67. The van der Waals surface area contributed by atoms with Crippen LogP contribution in [0.1, 0.15) is 46.0 Å². The van der Waals surface area contributed by atoms with E-state index in [0.717, 1.165) is 18.1 Å². The van der Waals surface area contributed by atoms with Crippen molar-refractivity contribution < 1.29 is 0 Å². The van der Waals surface area contributed by atoms with Gasteiger partial charge < -0.3 is 5.32 Å². The second-order valence-corrected chi connectivity index (χ2v) is 4.97. The molecule has 1 heterocycles. The minimum Gasteiger partial charge on any atom is -0.312 e. The summed E-state index contributed by atoms with van der Waals surface area (Å²) in [5.74, 6) is 0. The first-order valence-corrected chi connectivity index (χ1v) is 6.30. The molecule has 2 heteroatoms. The molecule has 0 aromatic carbocycles. The Labute approximate surface area is 88.1 Å². The Hall–Kier alpha value is -0.0800. The molecule has 14 heavy (non-hydrogen) atoms. The minimum atomic E-state index is 0.781. The van der Waals surface area contributed by atoms with Gasteiger partial charge in [-0.25, -0.2) is 0 Å². The highest BCUT2D eigenvalue weighted by atomic mass is 15.2. The van der Waals surface area contributed by atoms with E-state index in [1.165, 1.54) is 45.2 Å². The first-order chi connectivity index (χ1) is 6.81. The van der Waals surface area contributed by atoms with Crippen LogP contribution in [0.2, 0.25) is 0 Å². The van der Waals surface area contributed by atoms with E-state index in [9.17, 15) is 0 Å². The summed E-state index contributed by atoms with van der Waals surface area (Å²) in [5.41, 5.74) is 0. The Morgan fingerprint density at radius 3 is 2.79 bits per heavy atom. The fraction of sp³-hybridized carbons (Fsp3) is 1.00. The van der Waals surface area contributed by atoms with E-state index in [1.54, 1.807) is 0 Å². The van der Waals surface area contributed by atoms with Gasteiger partial charge in [0.25, 0.3) is 0 Å². The summed E-state index contributed by atoms with van der Waals surface area (Å²) in [6.45, 7) is 7.23. The number of rotatable bonds is 5. The third-order valence-electron chi connectivity index (χ3n) is 3.80. The molecule has 2 atom stereocenters. The van der Waals surface area contributed by atoms with Crippen LogP contribution in [-0.4, -0.2) is 36.1 Å². The highest BCUT2D eigenvalue weighted by molar-refractivity contribution is 4.88. The second kappa shape index (κ2) is 4.63. The van der Waals surface area contributed by atoms with Crippen molar-refractivity contribution in [1.82, 2.24) is 10.2 Å². The Bertz CT molecular complexity index is 177. The van der Waals surface area contributed by atoms with Gasteiger partial charge in [-0.3, -0.25) is 4.90 Å². The zero-order chi connectivity index (χ0) is 9.97. The van der Waals surface area contributed by atoms with E-state index in [-0.39, 0.29) is 0 Å². The van der Waals surface area contributed by atoms with E-state index in [2.05, 4.69) is 24.1 Å². The van der Waals surface area contributed by atoms with Crippen molar-refractivity contribution in [2.24, 2.45) is 0 Å². The van der Waals surface area contributed by atoms with Gasteiger partial charge in [0.05, 0.1) is 0 Å². The van der Waals surface area contributed by atoms with Crippen LogP contribution in [0.15, 0.2) is 0 Å². The quantitative estimate of drug-likeness (QED) is 0.723. The molecule has 2 aliphatic rings. The van der Waals surface area contributed by atoms with E-state index >= 15 is 0 Å². The van der Waals surface area contributed by atoms with Gasteiger partial charge >= 0.3 is 0 Å². The third-order valence-corrected chi connectivity index (χ3v) is 3.80. The van der Waals surface area contributed by atoms with Gasteiger partial charge in [0, 0.05) is 24.7 Å². The van der Waals surface area contributed by atoms with Gasteiger partial charge in [-0.05, 0) is 45.6 Å². The second-order valence-electron chi connectivity index (χ2n) is 4.97. The van der Waals surface area contributed by atoms with Crippen LogP contribution in [-0.2, 0) is 0 Å². The molecule has 0 spiro atoms. The van der Waals surface area contributed by atoms with Gasteiger partial charge in [-0.15, -0.1) is 0 Å². The van der Waals surface area contributed by atoms with E-state index in [4.69, 9.17) is 0 Å². The van der Waals surface area contributed by atoms with E-state index in [1.807, 2.05) is 0 Å². The topological polar surface area (TPSA) is 15.3 Å². The molecule has 0 aromatic heterocycles. The van der Waals surface area contributed by atoms with Gasteiger partial charge in [-0.1, -0.05) is 6.92 Å². The standard InChI is InChI=1S/C12H24N2/c1-3-10(2)14-8-4-5-12(14)9-13-11-6-7-11/h10-13H,3-9H2,1-2H3. The van der Waals surface area contributed by atoms with Crippen molar-refractivity contribution in [2.45, 2.75) is 64.1 Å². The maximum atomic E-state index is 3.67. The molecule has 0 aromatic rings. The summed E-state index contributed by atoms with van der Waals surface area (Å²) in [7, 11) is 0. The van der Waals surface area contributed by atoms with Crippen LogP contribution in [0.4, 0.5) is 0 Å². The fourth-order valence-electron chi connectivity index (χ4n) is 2.48. The maximum absolute atomic E-state index is 3.67. The lowest BCUT2D eigenvalue weighted by Crippen LogP contribution is -2.43. The average molecular weight is 196 g/mol. The van der Waals surface area contributed by atoms with Crippen LogP contribution in [0, 0.1) is 0 Å². The molecular weight excluding hydrogens is 172 g/mol. The lowest BCUT2D eigenvalue weighted by atomic mass is 10.1. The summed E-state index contributed by atoms with van der Waals surface area (Å²) in [6.07, 6.45) is 6.93. The minimum absolute atomic E-state index is 0.781. The lowest BCUT2D eigenvalue weighted by Gasteiger charge is -2.30. The van der Waals surface area contributed by atoms with Crippen LogP contribution in [0.5, 0.6) is 0 Å². The zero-order valence-electron chi connectivity index (χ0n) is 9.63. The third kappa shape index (κ3) is 2.48. The number of nitrogens with zero attached hydrogens (tertiary/aromatic N) is 1. The maximum Gasteiger partial charge on any atom is 0.0224 e.